The van der Waals surface area contributed by atoms with Gasteiger partial charge < -0.3 is 10.1 Å². The van der Waals surface area contributed by atoms with Crippen LogP contribution >= 0.6 is 0 Å². The smallest absolute Gasteiger partial charge is 0.271 e. The minimum absolute atomic E-state index is 0.182. The molecule has 0 spiro atoms. The number of benzene rings is 1. The highest BCUT2D eigenvalue weighted by molar-refractivity contribution is 5.91. The summed E-state index contributed by atoms with van der Waals surface area (Å²) in [5, 5.41) is 6.68. The fraction of sp³-hybridized carbons (Fsp3) is 0.158. The van der Waals surface area contributed by atoms with Crippen molar-refractivity contribution in [2.75, 3.05) is 0 Å². The number of hydrogen-bond acceptors (Lipinski definition) is 5. The van der Waals surface area contributed by atoms with Crippen LogP contribution in [0, 0.1) is 0 Å². The number of nitrogens with one attached hydrogen (secondary N) is 1. The van der Waals surface area contributed by atoms with Crippen LogP contribution in [-0.4, -0.2) is 20.7 Å². The molecule has 1 aromatic carbocycles. The zero-order valence-electron chi connectivity index (χ0n) is 14.3. The molecule has 3 rings (SSSR count). The minimum Gasteiger partial charge on any atom is -0.473 e. The highest BCUT2D eigenvalue weighted by Gasteiger charge is 2.08. The first-order valence-corrected chi connectivity index (χ1v) is 8.06. The lowest BCUT2D eigenvalue weighted by molar-refractivity contribution is 0.0943. The van der Waals surface area contributed by atoms with E-state index in [1.165, 1.54) is 19.2 Å². The van der Waals surface area contributed by atoms with Gasteiger partial charge >= 0.3 is 0 Å². The van der Waals surface area contributed by atoms with Gasteiger partial charge in [-0.05, 0) is 23.3 Å². The van der Waals surface area contributed by atoms with Gasteiger partial charge in [0.2, 0.25) is 5.88 Å². The van der Waals surface area contributed by atoms with Crippen molar-refractivity contribution < 1.29 is 9.53 Å². The Morgan fingerprint density at radius 3 is 2.69 bits per heavy atom. The Morgan fingerprint density at radius 2 is 1.92 bits per heavy atom. The first kappa shape index (κ1) is 17.3. The molecule has 132 valence electrons. The van der Waals surface area contributed by atoms with Gasteiger partial charge in [-0.2, -0.15) is 5.10 Å². The van der Waals surface area contributed by atoms with Gasteiger partial charge in [-0.3, -0.25) is 9.59 Å². The van der Waals surface area contributed by atoms with Gasteiger partial charge in [0.15, 0.2) is 0 Å². The first-order valence-electron chi connectivity index (χ1n) is 8.06. The number of pyridine rings is 1. The maximum absolute atomic E-state index is 12.1. The summed E-state index contributed by atoms with van der Waals surface area (Å²) >= 11 is 0. The number of nitrogens with zero attached hydrogens (tertiary/aromatic N) is 3. The molecule has 1 N–H and O–H groups in total. The summed E-state index contributed by atoms with van der Waals surface area (Å²) in [6, 6.07) is 16.1. The predicted molar refractivity (Wildman–Crippen MR) is 95.7 cm³/mol. The third-order valence-corrected chi connectivity index (χ3v) is 3.67. The first-order chi connectivity index (χ1) is 12.6. The third-order valence-electron chi connectivity index (χ3n) is 3.67. The molecule has 0 radical (unpaired) electrons. The maximum atomic E-state index is 12.1. The van der Waals surface area contributed by atoms with Gasteiger partial charge in [-0.25, -0.2) is 9.67 Å². The summed E-state index contributed by atoms with van der Waals surface area (Å²) in [4.78, 5) is 27.6. The number of carbonyl (C=O) groups excluding carboxylic acids is 1. The standard InChI is InChI=1S/C19H18N4O3/c1-23-18(24)8-7-16(22-23)19(25)21-12-15-9-10-20-17(11-15)26-13-14-5-3-2-4-6-14/h2-11H,12-13H2,1H3,(H,21,25). The van der Waals surface area contributed by atoms with E-state index in [4.69, 9.17) is 4.74 Å². The van der Waals surface area contributed by atoms with Crippen LogP contribution in [0.5, 0.6) is 5.88 Å². The average Bonchev–Trinajstić information content (AvgIpc) is 2.68. The van der Waals surface area contributed by atoms with Crippen molar-refractivity contribution in [1.29, 1.82) is 0 Å². The molecule has 0 aliphatic rings. The molecule has 7 heteroatoms. The lowest BCUT2D eigenvalue weighted by Gasteiger charge is -2.08. The van der Waals surface area contributed by atoms with Gasteiger partial charge in [0.1, 0.15) is 12.3 Å². The van der Waals surface area contributed by atoms with Crippen molar-refractivity contribution in [2.24, 2.45) is 7.05 Å². The van der Waals surface area contributed by atoms with Crippen molar-refractivity contribution in [3.63, 3.8) is 0 Å². The number of rotatable bonds is 6. The van der Waals surface area contributed by atoms with Crippen LogP contribution in [0.4, 0.5) is 0 Å². The quantitative estimate of drug-likeness (QED) is 0.731. The second-order valence-electron chi connectivity index (χ2n) is 5.64. The summed E-state index contributed by atoms with van der Waals surface area (Å²) in [5.41, 5.74) is 1.81. The summed E-state index contributed by atoms with van der Waals surface area (Å²) in [7, 11) is 1.50. The van der Waals surface area contributed by atoms with E-state index in [1.807, 2.05) is 30.3 Å². The van der Waals surface area contributed by atoms with Crippen LogP contribution in [0.15, 0.2) is 65.6 Å². The van der Waals surface area contributed by atoms with Crippen molar-refractivity contribution in [3.05, 3.63) is 88.0 Å². The van der Waals surface area contributed by atoms with E-state index < -0.39 is 0 Å². The SMILES string of the molecule is Cn1nc(C(=O)NCc2ccnc(OCc3ccccc3)c2)ccc1=O. The van der Waals surface area contributed by atoms with Crippen LogP contribution in [-0.2, 0) is 20.2 Å². The highest BCUT2D eigenvalue weighted by atomic mass is 16.5. The van der Waals surface area contributed by atoms with E-state index >= 15 is 0 Å². The van der Waals surface area contributed by atoms with Gasteiger partial charge in [0, 0.05) is 31.9 Å². The summed E-state index contributed by atoms with van der Waals surface area (Å²) in [6.45, 7) is 0.721. The van der Waals surface area contributed by atoms with Crippen molar-refractivity contribution in [3.8, 4) is 5.88 Å². The zero-order chi connectivity index (χ0) is 18.4. The largest absolute Gasteiger partial charge is 0.473 e. The van der Waals surface area contributed by atoms with E-state index in [0.717, 1.165) is 15.8 Å². The molecular weight excluding hydrogens is 332 g/mol. The molecule has 0 fully saturated rings. The van der Waals surface area contributed by atoms with E-state index in [2.05, 4.69) is 15.4 Å². The Labute approximate surface area is 150 Å². The number of carbonyl (C=O) groups is 1. The molecule has 2 heterocycles. The van der Waals surface area contributed by atoms with Gasteiger partial charge in [0.25, 0.3) is 11.5 Å². The van der Waals surface area contributed by atoms with Crippen LogP contribution in [0.2, 0.25) is 0 Å². The van der Waals surface area contributed by atoms with Gasteiger partial charge in [0.05, 0.1) is 0 Å². The van der Waals surface area contributed by atoms with Crippen LogP contribution in [0.25, 0.3) is 0 Å². The molecule has 0 saturated carbocycles. The number of ether oxygens (including phenoxy) is 1. The molecule has 26 heavy (non-hydrogen) atoms. The van der Waals surface area contributed by atoms with Crippen LogP contribution in [0.3, 0.4) is 0 Å². The van der Waals surface area contributed by atoms with Gasteiger partial charge in [-0.1, -0.05) is 30.3 Å². The monoisotopic (exact) mass is 350 g/mol. The molecule has 2 aromatic heterocycles. The molecule has 3 aromatic rings. The molecule has 0 atom stereocenters. The Balaban J connectivity index is 1.58. The van der Waals surface area contributed by atoms with Gasteiger partial charge in [-0.15, -0.1) is 0 Å². The Bertz CT molecular complexity index is 954. The normalized spacial score (nSPS) is 10.3. The molecular formula is C19H18N4O3. The molecule has 0 unspecified atom stereocenters. The summed E-state index contributed by atoms with van der Waals surface area (Å²) in [5.74, 6) is 0.130. The molecule has 1 amide bonds. The molecule has 7 nitrogen and oxygen atoms in total. The fourth-order valence-electron chi connectivity index (χ4n) is 2.27. The van der Waals surface area contributed by atoms with Crippen molar-refractivity contribution in [1.82, 2.24) is 20.1 Å². The number of hydrogen-bond donors (Lipinski definition) is 1. The summed E-state index contributed by atoms with van der Waals surface area (Å²) < 4.78 is 6.80. The predicted octanol–water partition coefficient (Wildman–Crippen LogP) is 1.68. The highest BCUT2D eigenvalue weighted by Crippen LogP contribution is 2.12. The lowest BCUT2D eigenvalue weighted by atomic mass is 10.2. The van der Waals surface area contributed by atoms with Crippen molar-refractivity contribution in [2.45, 2.75) is 13.2 Å². The Kier molecular flexibility index (Phi) is 5.38. The Morgan fingerprint density at radius 1 is 1.12 bits per heavy atom. The van der Waals surface area contributed by atoms with E-state index in [1.54, 1.807) is 18.3 Å². The fourth-order valence-corrected chi connectivity index (χ4v) is 2.27. The van der Waals surface area contributed by atoms with Crippen LogP contribution in [0.1, 0.15) is 21.6 Å². The second kappa shape index (κ2) is 8.06. The maximum Gasteiger partial charge on any atom is 0.271 e. The molecule has 0 bridgehead atoms. The molecule has 0 saturated heterocycles. The van der Waals surface area contributed by atoms with E-state index in [-0.39, 0.29) is 17.2 Å². The van der Waals surface area contributed by atoms with Crippen LogP contribution < -0.4 is 15.6 Å². The second-order valence-corrected chi connectivity index (χ2v) is 5.64. The number of aryl methyl sites for hydroxylation is 1. The number of amides is 1. The summed E-state index contributed by atoms with van der Waals surface area (Å²) in [6.07, 6.45) is 1.63. The lowest BCUT2D eigenvalue weighted by Crippen LogP contribution is -2.28. The Hall–Kier alpha value is -3.48. The zero-order valence-corrected chi connectivity index (χ0v) is 14.3. The van der Waals surface area contributed by atoms with E-state index in [9.17, 15) is 9.59 Å². The topological polar surface area (TPSA) is 86.1 Å². The van der Waals surface area contributed by atoms with Crippen molar-refractivity contribution >= 4 is 5.91 Å². The molecule has 0 aliphatic heterocycles. The minimum atomic E-state index is -0.357. The third kappa shape index (κ3) is 4.54. The molecule has 0 aliphatic carbocycles. The average molecular weight is 350 g/mol. The van der Waals surface area contributed by atoms with E-state index in [0.29, 0.717) is 19.0 Å². The number of aromatic nitrogens is 3.